The summed E-state index contributed by atoms with van der Waals surface area (Å²) in [5, 5.41) is 2.64. The molecule has 3 heterocycles. The smallest absolute Gasteiger partial charge is 0.330 e. The zero-order chi connectivity index (χ0) is 26.2. The Labute approximate surface area is 217 Å². The summed E-state index contributed by atoms with van der Waals surface area (Å²) in [6.07, 6.45) is 3.18. The predicted molar refractivity (Wildman–Crippen MR) is 144 cm³/mol. The van der Waals surface area contributed by atoms with Gasteiger partial charge in [-0.25, -0.2) is 14.8 Å². The molecule has 192 valence electrons. The number of hydroxylamine groups is 2. The molecule has 1 aliphatic rings. The highest BCUT2D eigenvalue weighted by molar-refractivity contribution is 6.02. The standard InChI is InChI=1S/C29H33N5O3/c1-19-24(20-10-12-23(13-11-20)36-22-8-6-5-7-9-22)25-26(30)31-18-32-27(25)34(19)21-14-16-33(17-15-21)37-28(35)29(2,3)4/h5-13,18,21H,14-17H2,1-4H3,(H2,30,31,32). The Morgan fingerprint density at radius 3 is 2.27 bits per heavy atom. The number of anilines is 1. The Balaban J connectivity index is 1.43. The second kappa shape index (κ2) is 9.86. The van der Waals surface area contributed by atoms with Gasteiger partial charge in [0.25, 0.3) is 0 Å². The fraction of sp³-hybridized carbons (Fsp3) is 0.345. The second-order valence-corrected chi connectivity index (χ2v) is 10.5. The molecule has 5 rings (SSSR count). The summed E-state index contributed by atoms with van der Waals surface area (Å²) in [5.41, 5.74) is 9.84. The van der Waals surface area contributed by atoms with Crippen LogP contribution in [0.15, 0.2) is 60.9 Å². The number of nitrogens with zero attached hydrogens (tertiary/aromatic N) is 4. The zero-order valence-electron chi connectivity index (χ0n) is 21.8. The number of piperidine rings is 1. The van der Waals surface area contributed by atoms with E-state index in [1.807, 2.05) is 75.4 Å². The normalized spacial score (nSPS) is 15.1. The Morgan fingerprint density at radius 2 is 1.62 bits per heavy atom. The average Bonchev–Trinajstić information content (AvgIpc) is 3.18. The molecule has 0 amide bonds. The SMILES string of the molecule is Cc1c(-c2ccc(Oc3ccccc3)cc2)c2c(N)ncnc2n1C1CCN(OC(=O)C(C)(C)C)CC1. The molecule has 2 aromatic carbocycles. The van der Waals surface area contributed by atoms with Gasteiger partial charge in [-0.3, -0.25) is 0 Å². The van der Waals surface area contributed by atoms with Crippen LogP contribution in [-0.4, -0.2) is 38.7 Å². The highest BCUT2D eigenvalue weighted by atomic mass is 16.7. The van der Waals surface area contributed by atoms with Crippen molar-refractivity contribution in [3.63, 3.8) is 0 Å². The molecule has 37 heavy (non-hydrogen) atoms. The van der Waals surface area contributed by atoms with Crippen LogP contribution in [0.3, 0.4) is 0 Å². The van der Waals surface area contributed by atoms with Crippen LogP contribution in [0.1, 0.15) is 45.3 Å². The van der Waals surface area contributed by atoms with Crippen molar-refractivity contribution >= 4 is 22.8 Å². The van der Waals surface area contributed by atoms with E-state index >= 15 is 0 Å². The molecule has 2 aromatic heterocycles. The number of aromatic nitrogens is 3. The maximum Gasteiger partial charge on any atom is 0.330 e. The summed E-state index contributed by atoms with van der Waals surface area (Å²) in [6, 6.07) is 17.9. The molecular weight excluding hydrogens is 466 g/mol. The van der Waals surface area contributed by atoms with Crippen molar-refractivity contribution in [1.29, 1.82) is 0 Å². The Morgan fingerprint density at radius 1 is 0.973 bits per heavy atom. The fourth-order valence-electron chi connectivity index (χ4n) is 4.83. The molecule has 0 saturated carbocycles. The summed E-state index contributed by atoms with van der Waals surface area (Å²) in [7, 11) is 0. The number of para-hydroxylation sites is 1. The van der Waals surface area contributed by atoms with E-state index in [1.54, 1.807) is 5.06 Å². The number of benzene rings is 2. The van der Waals surface area contributed by atoms with Gasteiger partial charge < -0.3 is 19.9 Å². The highest BCUT2D eigenvalue weighted by Crippen LogP contribution is 2.40. The third-order valence-corrected chi connectivity index (χ3v) is 6.79. The molecule has 8 heteroatoms. The van der Waals surface area contributed by atoms with Gasteiger partial charge in [-0.2, -0.15) is 0 Å². The van der Waals surface area contributed by atoms with Gasteiger partial charge in [0.1, 0.15) is 29.3 Å². The predicted octanol–water partition coefficient (Wildman–Crippen LogP) is 5.92. The number of carbonyl (C=O) groups excluding carboxylic acids is 1. The average molecular weight is 500 g/mol. The summed E-state index contributed by atoms with van der Waals surface area (Å²) in [6.45, 7) is 9.02. The van der Waals surface area contributed by atoms with Crippen LogP contribution >= 0.6 is 0 Å². The Bertz CT molecular complexity index is 1400. The minimum absolute atomic E-state index is 0.204. The van der Waals surface area contributed by atoms with Crippen LogP contribution < -0.4 is 10.5 Å². The molecule has 0 radical (unpaired) electrons. The Hall–Kier alpha value is -3.91. The van der Waals surface area contributed by atoms with Crippen LogP contribution in [0.4, 0.5) is 5.82 Å². The first-order valence-corrected chi connectivity index (χ1v) is 12.6. The molecule has 0 spiro atoms. The van der Waals surface area contributed by atoms with Gasteiger partial charge in [0.15, 0.2) is 0 Å². The number of hydrogen-bond donors (Lipinski definition) is 1. The van der Waals surface area contributed by atoms with E-state index in [1.165, 1.54) is 6.33 Å². The molecule has 0 aliphatic carbocycles. The van der Waals surface area contributed by atoms with Gasteiger partial charge in [-0.05, 0) is 70.4 Å². The first-order valence-electron chi connectivity index (χ1n) is 12.6. The monoisotopic (exact) mass is 499 g/mol. The van der Waals surface area contributed by atoms with Gasteiger partial charge in [0.2, 0.25) is 0 Å². The number of hydrogen-bond acceptors (Lipinski definition) is 7. The molecular formula is C29H33N5O3. The van der Waals surface area contributed by atoms with Gasteiger partial charge in [0.05, 0.1) is 10.8 Å². The number of nitrogen functional groups attached to an aromatic ring is 1. The molecule has 8 nitrogen and oxygen atoms in total. The first-order chi connectivity index (χ1) is 17.7. The molecule has 1 fully saturated rings. The number of nitrogens with two attached hydrogens (primary N) is 1. The third kappa shape index (κ3) is 5.02. The minimum atomic E-state index is -0.533. The maximum atomic E-state index is 12.3. The summed E-state index contributed by atoms with van der Waals surface area (Å²) >= 11 is 0. The van der Waals surface area contributed by atoms with Crippen LogP contribution in [0.5, 0.6) is 11.5 Å². The lowest BCUT2D eigenvalue weighted by molar-refractivity contribution is -0.205. The van der Waals surface area contributed by atoms with Gasteiger partial charge in [0, 0.05) is 30.4 Å². The first kappa shape index (κ1) is 24.8. The van der Waals surface area contributed by atoms with Crippen molar-refractivity contribution in [2.75, 3.05) is 18.8 Å². The quantitative estimate of drug-likeness (QED) is 0.364. The van der Waals surface area contributed by atoms with Gasteiger partial charge in [-0.15, -0.1) is 5.06 Å². The van der Waals surface area contributed by atoms with E-state index in [9.17, 15) is 4.79 Å². The lowest BCUT2D eigenvalue weighted by Crippen LogP contribution is -2.39. The van der Waals surface area contributed by atoms with Crippen LogP contribution in [0.2, 0.25) is 0 Å². The van der Waals surface area contributed by atoms with Crippen molar-refractivity contribution in [1.82, 2.24) is 19.6 Å². The number of fused-ring (bicyclic) bond motifs is 1. The molecule has 4 aromatic rings. The van der Waals surface area contributed by atoms with E-state index in [4.69, 9.17) is 15.3 Å². The molecule has 2 N–H and O–H groups in total. The number of rotatable bonds is 5. The summed E-state index contributed by atoms with van der Waals surface area (Å²) in [4.78, 5) is 26.9. The molecule has 1 saturated heterocycles. The third-order valence-electron chi connectivity index (χ3n) is 6.79. The summed E-state index contributed by atoms with van der Waals surface area (Å²) < 4.78 is 8.25. The minimum Gasteiger partial charge on any atom is -0.457 e. The lowest BCUT2D eigenvalue weighted by atomic mass is 9.98. The summed E-state index contributed by atoms with van der Waals surface area (Å²) in [5.74, 6) is 1.80. The second-order valence-electron chi connectivity index (χ2n) is 10.5. The maximum absolute atomic E-state index is 12.3. The van der Waals surface area contributed by atoms with Crippen molar-refractivity contribution < 1.29 is 14.4 Å². The molecule has 1 aliphatic heterocycles. The largest absolute Gasteiger partial charge is 0.457 e. The van der Waals surface area contributed by atoms with Gasteiger partial charge in [-0.1, -0.05) is 30.3 Å². The van der Waals surface area contributed by atoms with E-state index in [0.29, 0.717) is 18.9 Å². The zero-order valence-corrected chi connectivity index (χ0v) is 21.8. The fourth-order valence-corrected chi connectivity index (χ4v) is 4.83. The van der Waals surface area contributed by atoms with Crippen LogP contribution in [0.25, 0.3) is 22.2 Å². The van der Waals surface area contributed by atoms with Crippen LogP contribution in [-0.2, 0) is 9.63 Å². The van der Waals surface area contributed by atoms with Crippen molar-refractivity contribution in [3.05, 3.63) is 66.6 Å². The van der Waals surface area contributed by atoms with E-state index in [-0.39, 0.29) is 12.0 Å². The Kier molecular flexibility index (Phi) is 6.60. The topological polar surface area (TPSA) is 95.5 Å². The molecule has 0 unspecified atom stereocenters. The van der Waals surface area contributed by atoms with Crippen molar-refractivity contribution in [2.45, 2.75) is 46.6 Å². The van der Waals surface area contributed by atoms with Crippen molar-refractivity contribution in [3.8, 4) is 22.6 Å². The number of carbonyl (C=O) groups is 1. The van der Waals surface area contributed by atoms with E-state index < -0.39 is 5.41 Å². The molecule has 0 bridgehead atoms. The molecule has 0 atom stereocenters. The highest BCUT2D eigenvalue weighted by Gasteiger charge is 2.31. The lowest BCUT2D eigenvalue weighted by Gasteiger charge is -2.33. The number of ether oxygens (including phenoxy) is 1. The van der Waals surface area contributed by atoms with Crippen molar-refractivity contribution in [2.24, 2.45) is 5.41 Å². The van der Waals surface area contributed by atoms with Gasteiger partial charge >= 0.3 is 5.97 Å². The van der Waals surface area contributed by atoms with E-state index in [2.05, 4.69) is 21.5 Å². The van der Waals surface area contributed by atoms with E-state index in [0.717, 1.165) is 52.2 Å². The van der Waals surface area contributed by atoms with Crippen LogP contribution in [0, 0.1) is 12.3 Å².